The summed E-state index contributed by atoms with van der Waals surface area (Å²) in [6, 6.07) is 6.75. The molecule has 112 valence electrons. The van der Waals surface area contributed by atoms with Gasteiger partial charge in [-0.05, 0) is 31.9 Å². The Morgan fingerprint density at radius 1 is 1.33 bits per heavy atom. The third-order valence-electron chi connectivity index (χ3n) is 3.91. The Labute approximate surface area is 130 Å². The molecule has 21 heavy (non-hydrogen) atoms. The van der Waals surface area contributed by atoms with Crippen LogP contribution in [0.15, 0.2) is 29.8 Å². The topological polar surface area (TPSA) is 41.0 Å². The second-order valence-electron chi connectivity index (χ2n) is 5.54. The number of piperidine rings is 1. The van der Waals surface area contributed by atoms with Gasteiger partial charge in [-0.25, -0.2) is 9.97 Å². The van der Waals surface area contributed by atoms with E-state index in [2.05, 4.69) is 44.6 Å². The summed E-state index contributed by atoms with van der Waals surface area (Å²) in [4.78, 5) is 11.3. The van der Waals surface area contributed by atoms with E-state index >= 15 is 0 Å². The fourth-order valence-electron chi connectivity index (χ4n) is 2.75. The van der Waals surface area contributed by atoms with Gasteiger partial charge in [0.25, 0.3) is 0 Å². The molecule has 1 N–H and O–H groups in total. The molecule has 0 spiro atoms. The van der Waals surface area contributed by atoms with Gasteiger partial charge in [0.05, 0.1) is 5.01 Å². The van der Waals surface area contributed by atoms with Crippen molar-refractivity contribution >= 4 is 17.2 Å². The van der Waals surface area contributed by atoms with E-state index in [4.69, 9.17) is 0 Å². The second-order valence-corrected chi connectivity index (χ2v) is 6.48. The van der Waals surface area contributed by atoms with Gasteiger partial charge in [0.15, 0.2) is 0 Å². The fraction of sp³-hybridized carbons (Fsp3) is 0.500. The van der Waals surface area contributed by atoms with Gasteiger partial charge in [0, 0.05) is 49.4 Å². The first-order valence-corrected chi connectivity index (χ1v) is 8.49. The number of hydrogen-bond acceptors (Lipinski definition) is 5. The molecule has 5 heteroatoms. The number of aryl methyl sites for hydroxylation is 1. The van der Waals surface area contributed by atoms with Crippen LogP contribution in [0.25, 0.3) is 0 Å². The number of anilines is 1. The first-order valence-electron chi connectivity index (χ1n) is 7.61. The van der Waals surface area contributed by atoms with Crippen molar-refractivity contribution in [1.82, 2.24) is 15.3 Å². The maximum Gasteiger partial charge on any atom is 0.128 e. The number of pyridine rings is 1. The average molecular weight is 302 g/mol. The van der Waals surface area contributed by atoms with Gasteiger partial charge < -0.3 is 10.2 Å². The van der Waals surface area contributed by atoms with E-state index in [1.54, 1.807) is 11.3 Å². The summed E-state index contributed by atoms with van der Waals surface area (Å²) < 4.78 is 0. The molecule has 1 aliphatic heterocycles. The molecule has 1 fully saturated rings. The largest absolute Gasteiger partial charge is 0.357 e. The molecule has 4 nitrogen and oxygen atoms in total. The molecule has 1 saturated heterocycles. The van der Waals surface area contributed by atoms with E-state index in [1.165, 1.54) is 17.8 Å². The number of thiazole rings is 1. The standard InChI is InChI=1S/C16H22N4S/c1-13-12-21-16(19-13)5-9-17-14-6-10-20(11-7-14)15-4-2-3-8-18-15/h2-4,8,12,14,17H,5-7,9-11H2,1H3. The minimum absolute atomic E-state index is 0.631. The zero-order valence-corrected chi connectivity index (χ0v) is 13.3. The number of nitrogens with zero attached hydrogens (tertiary/aromatic N) is 3. The van der Waals surface area contributed by atoms with Gasteiger partial charge in [-0.2, -0.15) is 0 Å². The Kier molecular flexibility index (Phi) is 4.83. The second kappa shape index (κ2) is 7.00. The Balaban J connectivity index is 1.40. The van der Waals surface area contributed by atoms with Gasteiger partial charge in [-0.1, -0.05) is 6.07 Å². The maximum absolute atomic E-state index is 4.51. The van der Waals surface area contributed by atoms with Crippen molar-refractivity contribution in [3.8, 4) is 0 Å². The summed E-state index contributed by atoms with van der Waals surface area (Å²) >= 11 is 1.77. The van der Waals surface area contributed by atoms with Crippen LogP contribution in [-0.2, 0) is 6.42 Å². The highest BCUT2D eigenvalue weighted by molar-refractivity contribution is 7.09. The van der Waals surface area contributed by atoms with Gasteiger partial charge >= 0.3 is 0 Å². The average Bonchev–Trinajstić information content (AvgIpc) is 2.94. The van der Waals surface area contributed by atoms with E-state index in [9.17, 15) is 0 Å². The lowest BCUT2D eigenvalue weighted by molar-refractivity contribution is 0.416. The number of nitrogens with one attached hydrogen (secondary N) is 1. The van der Waals surface area contributed by atoms with Crippen LogP contribution < -0.4 is 10.2 Å². The van der Waals surface area contributed by atoms with E-state index in [1.807, 2.05) is 12.3 Å². The third kappa shape index (κ3) is 4.02. The molecule has 1 aliphatic rings. The highest BCUT2D eigenvalue weighted by Crippen LogP contribution is 2.17. The smallest absolute Gasteiger partial charge is 0.128 e. The minimum Gasteiger partial charge on any atom is -0.357 e. The zero-order chi connectivity index (χ0) is 14.5. The lowest BCUT2D eigenvalue weighted by atomic mass is 10.0. The van der Waals surface area contributed by atoms with Crippen molar-refractivity contribution in [1.29, 1.82) is 0 Å². The van der Waals surface area contributed by atoms with Crippen molar-refractivity contribution < 1.29 is 0 Å². The van der Waals surface area contributed by atoms with Crippen LogP contribution in [0.3, 0.4) is 0 Å². The predicted molar refractivity (Wildman–Crippen MR) is 88.0 cm³/mol. The lowest BCUT2D eigenvalue weighted by Crippen LogP contribution is -2.43. The zero-order valence-electron chi connectivity index (χ0n) is 12.5. The first kappa shape index (κ1) is 14.5. The van der Waals surface area contributed by atoms with E-state index in [0.717, 1.165) is 37.6 Å². The van der Waals surface area contributed by atoms with Crippen LogP contribution in [0, 0.1) is 6.92 Å². The normalized spacial score (nSPS) is 16.3. The molecular formula is C16H22N4S. The molecule has 3 rings (SSSR count). The Morgan fingerprint density at radius 2 is 2.19 bits per heavy atom. The van der Waals surface area contributed by atoms with Crippen LogP contribution in [-0.4, -0.2) is 35.6 Å². The highest BCUT2D eigenvalue weighted by Gasteiger charge is 2.19. The van der Waals surface area contributed by atoms with Crippen molar-refractivity contribution in [3.63, 3.8) is 0 Å². The monoisotopic (exact) mass is 302 g/mol. The van der Waals surface area contributed by atoms with Crippen LogP contribution in [0.2, 0.25) is 0 Å². The summed E-state index contributed by atoms with van der Waals surface area (Å²) in [5, 5.41) is 7.04. The molecule has 0 atom stereocenters. The fourth-order valence-corrected chi connectivity index (χ4v) is 3.53. The molecule has 0 aromatic carbocycles. The summed E-state index contributed by atoms with van der Waals surface area (Å²) in [7, 11) is 0. The molecule has 0 unspecified atom stereocenters. The van der Waals surface area contributed by atoms with E-state index in [0.29, 0.717) is 6.04 Å². The predicted octanol–water partition coefficient (Wildman–Crippen LogP) is 2.65. The summed E-state index contributed by atoms with van der Waals surface area (Å²) in [5.41, 5.74) is 1.14. The quantitative estimate of drug-likeness (QED) is 0.922. The van der Waals surface area contributed by atoms with Crippen LogP contribution in [0.5, 0.6) is 0 Å². The maximum atomic E-state index is 4.51. The van der Waals surface area contributed by atoms with Gasteiger partial charge in [-0.3, -0.25) is 0 Å². The Morgan fingerprint density at radius 3 is 2.86 bits per heavy atom. The van der Waals surface area contributed by atoms with Crippen molar-refractivity contribution in [2.75, 3.05) is 24.5 Å². The molecule has 0 bridgehead atoms. The van der Waals surface area contributed by atoms with E-state index < -0.39 is 0 Å². The highest BCUT2D eigenvalue weighted by atomic mass is 32.1. The van der Waals surface area contributed by atoms with Gasteiger partial charge in [-0.15, -0.1) is 11.3 Å². The number of aromatic nitrogens is 2. The van der Waals surface area contributed by atoms with Crippen molar-refractivity contribution in [3.05, 3.63) is 40.5 Å². The molecule has 0 radical (unpaired) electrons. The molecular weight excluding hydrogens is 280 g/mol. The summed E-state index contributed by atoms with van der Waals surface area (Å²) in [6.45, 7) is 5.26. The summed E-state index contributed by atoms with van der Waals surface area (Å²) in [6.07, 6.45) is 5.29. The van der Waals surface area contributed by atoms with Crippen molar-refractivity contribution in [2.24, 2.45) is 0 Å². The van der Waals surface area contributed by atoms with Gasteiger partial charge in [0.1, 0.15) is 5.82 Å². The van der Waals surface area contributed by atoms with Crippen molar-refractivity contribution in [2.45, 2.75) is 32.2 Å². The SMILES string of the molecule is Cc1csc(CCNC2CCN(c3ccccn3)CC2)n1. The molecule has 3 heterocycles. The third-order valence-corrected chi connectivity index (χ3v) is 4.93. The van der Waals surface area contributed by atoms with Crippen LogP contribution in [0.1, 0.15) is 23.5 Å². The Bertz CT molecular complexity index is 546. The minimum atomic E-state index is 0.631. The number of rotatable bonds is 5. The van der Waals surface area contributed by atoms with Gasteiger partial charge in [0.2, 0.25) is 0 Å². The van der Waals surface area contributed by atoms with Crippen LogP contribution >= 0.6 is 11.3 Å². The molecule has 0 amide bonds. The molecule has 2 aromatic heterocycles. The first-order chi connectivity index (χ1) is 10.3. The van der Waals surface area contributed by atoms with Crippen LogP contribution in [0.4, 0.5) is 5.82 Å². The Hall–Kier alpha value is -1.46. The molecule has 0 aliphatic carbocycles. The van der Waals surface area contributed by atoms with E-state index in [-0.39, 0.29) is 0 Å². The molecule has 0 saturated carbocycles. The molecule has 2 aromatic rings. The number of hydrogen-bond donors (Lipinski definition) is 1. The summed E-state index contributed by atoms with van der Waals surface area (Å²) in [5.74, 6) is 1.11. The lowest BCUT2D eigenvalue weighted by Gasteiger charge is -2.33.